The number of benzene rings is 2. The normalized spacial score (nSPS) is 16.4. The first kappa shape index (κ1) is 19.2. The minimum Gasteiger partial charge on any atom is -0.376 e. The molecule has 1 N–H and O–H groups in total. The Kier molecular flexibility index (Phi) is 5.01. The quantitative estimate of drug-likeness (QED) is 0.468. The van der Waals surface area contributed by atoms with Crippen LogP contribution in [0.1, 0.15) is 33.6 Å². The first-order chi connectivity index (χ1) is 14.6. The maximum Gasteiger partial charge on any atom is 0.262 e. The van der Waals surface area contributed by atoms with Crippen LogP contribution in [0.3, 0.4) is 0 Å². The Balaban J connectivity index is 1.65. The van der Waals surface area contributed by atoms with Crippen LogP contribution >= 0.6 is 11.3 Å². The SMILES string of the molecule is Cc1ccc(-c2c(C(=O)NC[C@@H]3CCCO3)sc3c2cnc2ccc(C)cc23)cc1. The van der Waals surface area contributed by atoms with Gasteiger partial charge in [-0.2, -0.15) is 0 Å². The molecule has 4 nitrogen and oxygen atoms in total. The van der Waals surface area contributed by atoms with Gasteiger partial charge < -0.3 is 10.1 Å². The second-order valence-corrected chi connectivity index (χ2v) is 9.06. The average molecular weight is 417 g/mol. The molecule has 1 amide bonds. The van der Waals surface area contributed by atoms with E-state index in [2.05, 4.69) is 55.6 Å². The van der Waals surface area contributed by atoms with Gasteiger partial charge in [-0.15, -0.1) is 11.3 Å². The van der Waals surface area contributed by atoms with Crippen LogP contribution in [-0.2, 0) is 4.74 Å². The van der Waals surface area contributed by atoms with E-state index in [0.29, 0.717) is 6.54 Å². The van der Waals surface area contributed by atoms with Gasteiger partial charge in [0.05, 0.1) is 11.6 Å². The van der Waals surface area contributed by atoms with Crippen molar-refractivity contribution in [3.63, 3.8) is 0 Å². The molecule has 1 aliphatic heterocycles. The van der Waals surface area contributed by atoms with Gasteiger partial charge in [0, 0.05) is 40.4 Å². The molecule has 0 spiro atoms. The molecule has 152 valence electrons. The Morgan fingerprint density at radius 1 is 1.13 bits per heavy atom. The zero-order valence-corrected chi connectivity index (χ0v) is 18.0. The molecule has 30 heavy (non-hydrogen) atoms. The summed E-state index contributed by atoms with van der Waals surface area (Å²) >= 11 is 1.56. The van der Waals surface area contributed by atoms with Gasteiger partial charge in [-0.25, -0.2) is 0 Å². The number of aromatic nitrogens is 1. The lowest BCUT2D eigenvalue weighted by Gasteiger charge is -2.11. The summed E-state index contributed by atoms with van der Waals surface area (Å²) in [5.74, 6) is -0.0388. The molecular weight excluding hydrogens is 392 g/mol. The van der Waals surface area contributed by atoms with Gasteiger partial charge in [0.2, 0.25) is 0 Å². The lowest BCUT2D eigenvalue weighted by molar-refractivity contribution is 0.0861. The predicted molar refractivity (Wildman–Crippen MR) is 123 cm³/mol. The van der Waals surface area contributed by atoms with Crippen LogP contribution < -0.4 is 5.32 Å². The first-order valence-electron chi connectivity index (χ1n) is 10.4. The topological polar surface area (TPSA) is 51.2 Å². The van der Waals surface area contributed by atoms with Crippen molar-refractivity contribution in [1.29, 1.82) is 0 Å². The number of hydrogen-bond donors (Lipinski definition) is 1. The summed E-state index contributed by atoms with van der Waals surface area (Å²) in [4.78, 5) is 18.7. The highest BCUT2D eigenvalue weighted by atomic mass is 32.1. The van der Waals surface area contributed by atoms with E-state index in [4.69, 9.17) is 9.72 Å². The second-order valence-electron chi connectivity index (χ2n) is 8.04. The van der Waals surface area contributed by atoms with E-state index in [1.807, 2.05) is 12.3 Å². The smallest absolute Gasteiger partial charge is 0.262 e. The van der Waals surface area contributed by atoms with Crippen molar-refractivity contribution in [2.24, 2.45) is 0 Å². The third-order valence-electron chi connectivity index (χ3n) is 5.74. The van der Waals surface area contributed by atoms with Gasteiger partial charge in [0.25, 0.3) is 5.91 Å². The maximum atomic E-state index is 13.3. The number of hydrogen-bond acceptors (Lipinski definition) is 4. The van der Waals surface area contributed by atoms with Crippen LogP contribution in [0.2, 0.25) is 0 Å². The number of thiophene rings is 1. The van der Waals surface area contributed by atoms with Gasteiger partial charge in [-0.1, -0.05) is 41.5 Å². The number of aryl methyl sites for hydroxylation is 2. The molecule has 0 radical (unpaired) electrons. The second kappa shape index (κ2) is 7.82. The van der Waals surface area contributed by atoms with Gasteiger partial charge in [-0.3, -0.25) is 9.78 Å². The molecule has 1 atom stereocenters. The molecule has 0 aliphatic carbocycles. The number of carbonyl (C=O) groups excluding carboxylic acids is 1. The summed E-state index contributed by atoms with van der Waals surface area (Å²) in [5.41, 5.74) is 5.35. The molecule has 3 heterocycles. The van der Waals surface area contributed by atoms with Crippen LogP contribution in [0.5, 0.6) is 0 Å². The summed E-state index contributed by atoms with van der Waals surface area (Å²) < 4.78 is 6.79. The van der Waals surface area contributed by atoms with E-state index >= 15 is 0 Å². The standard InChI is InChI=1S/C25H24N2O2S/c1-15-5-8-17(9-6-15)22-20-14-26-21-10-7-16(2)12-19(21)23(20)30-24(22)25(28)27-13-18-4-3-11-29-18/h5-10,12,14,18H,3-4,11,13H2,1-2H3,(H,27,28)/t18-/m0/s1. The molecular formula is C25H24N2O2S. The van der Waals surface area contributed by atoms with Crippen molar-refractivity contribution in [1.82, 2.24) is 10.3 Å². The summed E-state index contributed by atoms with van der Waals surface area (Å²) in [5, 5.41) is 5.24. The molecule has 2 aromatic heterocycles. The fourth-order valence-electron chi connectivity index (χ4n) is 4.10. The van der Waals surface area contributed by atoms with Crippen molar-refractivity contribution in [2.75, 3.05) is 13.2 Å². The molecule has 4 aromatic rings. The summed E-state index contributed by atoms with van der Waals surface area (Å²) in [7, 11) is 0. The lowest BCUT2D eigenvalue weighted by atomic mass is 10.00. The van der Waals surface area contributed by atoms with Crippen LogP contribution in [0.15, 0.2) is 48.7 Å². The molecule has 0 saturated carbocycles. The molecule has 5 rings (SSSR count). The van der Waals surface area contributed by atoms with E-state index in [1.165, 1.54) is 11.1 Å². The minimum absolute atomic E-state index is 0.0388. The number of amides is 1. The summed E-state index contributed by atoms with van der Waals surface area (Å²) in [6, 6.07) is 14.6. The number of rotatable bonds is 4. The molecule has 1 fully saturated rings. The van der Waals surface area contributed by atoms with Crippen LogP contribution in [0.25, 0.3) is 32.1 Å². The van der Waals surface area contributed by atoms with Gasteiger partial charge in [0.1, 0.15) is 4.88 Å². The van der Waals surface area contributed by atoms with E-state index in [0.717, 1.165) is 56.4 Å². The fourth-order valence-corrected chi connectivity index (χ4v) is 5.34. The van der Waals surface area contributed by atoms with Crippen molar-refractivity contribution in [2.45, 2.75) is 32.8 Å². The number of fused-ring (bicyclic) bond motifs is 3. The molecule has 0 bridgehead atoms. The molecule has 0 unspecified atom stereocenters. The highest BCUT2D eigenvalue weighted by molar-refractivity contribution is 7.22. The Morgan fingerprint density at radius 3 is 2.70 bits per heavy atom. The largest absolute Gasteiger partial charge is 0.376 e. The minimum atomic E-state index is -0.0388. The number of carbonyl (C=O) groups is 1. The highest BCUT2D eigenvalue weighted by Gasteiger charge is 2.23. The van der Waals surface area contributed by atoms with Gasteiger partial charge >= 0.3 is 0 Å². The number of nitrogens with one attached hydrogen (secondary N) is 1. The monoisotopic (exact) mass is 416 g/mol. The van der Waals surface area contributed by atoms with E-state index in [-0.39, 0.29) is 12.0 Å². The Labute approximate surface area is 179 Å². The fraction of sp³-hybridized carbons (Fsp3) is 0.280. The number of pyridine rings is 1. The Bertz CT molecular complexity index is 1240. The van der Waals surface area contributed by atoms with Crippen LogP contribution in [0, 0.1) is 13.8 Å². The van der Waals surface area contributed by atoms with E-state index in [1.54, 1.807) is 11.3 Å². The first-order valence-corrected chi connectivity index (χ1v) is 11.2. The summed E-state index contributed by atoms with van der Waals surface area (Å²) in [6.45, 7) is 5.50. The lowest BCUT2D eigenvalue weighted by Crippen LogP contribution is -2.31. The van der Waals surface area contributed by atoms with Crippen molar-refractivity contribution in [3.8, 4) is 11.1 Å². The third-order valence-corrected chi connectivity index (χ3v) is 6.97. The molecule has 1 saturated heterocycles. The maximum absolute atomic E-state index is 13.3. The van der Waals surface area contributed by atoms with Crippen molar-refractivity contribution < 1.29 is 9.53 Å². The zero-order valence-electron chi connectivity index (χ0n) is 17.2. The zero-order chi connectivity index (χ0) is 20.7. The van der Waals surface area contributed by atoms with E-state index in [9.17, 15) is 4.79 Å². The number of nitrogens with zero attached hydrogens (tertiary/aromatic N) is 1. The Morgan fingerprint density at radius 2 is 1.93 bits per heavy atom. The van der Waals surface area contributed by atoms with Crippen molar-refractivity contribution >= 4 is 38.2 Å². The molecule has 5 heteroatoms. The molecule has 1 aliphatic rings. The predicted octanol–water partition coefficient (Wildman–Crippen LogP) is 5.64. The van der Waals surface area contributed by atoms with Gasteiger partial charge in [0.15, 0.2) is 0 Å². The van der Waals surface area contributed by atoms with Crippen LogP contribution in [-0.4, -0.2) is 30.1 Å². The van der Waals surface area contributed by atoms with E-state index < -0.39 is 0 Å². The van der Waals surface area contributed by atoms with Crippen LogP contribution in [0.4, 0.5) is 0 Å². The average Bonchev–Trinajstić information content (AvgIpc) is 3.40. The molecule has 2 aromatic carbocycles. The van der Waals surface area contributed by atoms with Crippen molar-refractivity contribution in [3.05, 3.63) is 64.7 Å². The number of ether oxygens (including phenoxy) is 1. The summed E-state index contributed by atoms with van der Waals surface area (Å²) in [6.07, 6.45) is 4.10. The highest BCUT2D eigenvalue weighted by Crippen LogP contribution is 2.41. The Hall–Kier alpha value is -2.76. The van der Waals surface area contributed by atoms with Gasteiger partial charge in [-0.05, 0) is 44.4 Å². The third kappa shape index (κ3) is 3.48.